The van der Waals surface area contributed by atoms with Gasteiger partial charge in [0.05, 0.1) is 10.7 Å². The lowest BCUT2D eigenvalue weighted by Gasteiger charge is -2.19. The molecule has 0 saturated carbocycles. The SMILES string of the molecule is Cc1cc(-c2cc(C)nc(C)c2)c(O)c(-c2ccc(N3CCN(C)C3=O)c(Cl)c2)c1. The average molecular weight is 422 g/mol. The third kappa shape index (κ3) is 3.61. The van der Waals surface area contributed by atoms with E-state index >= 15 is 0 Å². The van der Waals surface area contributed by atoms with Crippen molar-refractivity contribution in [3.05, 3.63) is 64.4 Å². The first kappa shape index (κ1) is 20.2. The molecule has 1 fully saturated rings. The summed E-state index contributed by atoms with van der Waals surface area (Å²) in [5.41, 5.74) is 6.71. The number of carbonyl (C=O) groups excluding carboxylic acids is 1. The number of pyridine rings is 1. The lowest BCUT2D eigenvalue weighted by atomic mass is 9.94. The third-order valence-electron chi connectivity index (χ3n) is 5.41. The summed E-state index contributed by atoms with van der Waals surface area (Å²) in [7, 11) is 1.78. The number of nitrogens with zero attached hydrogens (tertiary/aromatic N) is 3. The zero-order valence-electron chi connectivity index (χ0n) is 17.5. The highest BCUT2D eigenvalue weighted by atomic mass is 35.5. The van der Waals surface area contributed by atoms with Crippen LogP contribution in [0.15, 0.2) is 42.5 Å². The van der Waals surface area contributed by atoms with Gasteiger partial charge < -0.3 is 10.0 Å². The number of phenols is 1. The van der Waals surface area contributed by atoms with Crippen molar-refractivity contribution in [1.29, 1.82) is 0 Å². The number of halogens is 1. The van der Waals surface area contributed by atoms with Gasteiger partial charge in [0.1, 0.15) is 5.75 Å². The van der Waals surface area contributed by atoms with Gasteiger partial charge in [-0.05, 0) is 73.9 Å². The summed E-state index contributed by atoms with van der Waals surface area (Å²) in [6, 6.07) is 13.3. The lowest BCUT2D eigenvalue weighted by Crippen LogP contribution is -2.29. The number of likely N-dealkylation sites (N-methyl/N-ethyl adjacent to an activating group) is 1. The van der Waals surface area contributed by atoms with Crippen molar-refractivity contribution < 1.29 is 9.90 Å². The van der Waals surface area contributed by atoms with Crippen LogP contribution in [0.1, 0.15) is 17.0 Å². The van der Waals surface area contributed by atoms with E-state index in [1.54, 1.807) is 16.8 Å². The molecular weight excluding hydrogens is 398 g/mol. The summed E-state index contributed by atoms with van der Waals surface area (Å²) >= 11 is 6.56. The second-order valence-electron chi connectivity index (χ2n) is 7.87. The van der Waals surface area contributed by atoms with Crippen LogP contribution in [0.2, 0.25) is 5.02 Å². The Hall–Kier alpha value is -3.05. The van der Waals surface area contributed by atoms with Crippen LogP contribution in [0, 0.1) is 20.8 Å². The molecule has 0 radical (unpaired) electrons. The summed E-state index contributed by atoms with van der Waals surface area (Å²) in [5.74, 6) is 0.200. The molecule has 0 aliphatic carbocycles. The predicted molar refractivity (Wildman–Crippen MR) is 121 cm³/mol. The van der Waals surface area contributed by atoms with Crippen LogP contribution >= 0.6 is 11.6 Å². The number of phenolic OH excluding ortho intramolecular Hbond substituents is 1. The molecule has 2 amide bonds. The number of hydrogen-bond donors (Lipinski definition) is 1. The van der Waals surface area contributed by atoms with E-state index in [2.05, 4.69) is 4.98 Å². The number of anilines is 1. The Kier molecular flexibility index (Phi) is 5.16. The third-order valence-corrected chi connectivity index (χ3v) is 5.72. The molecule has 0 unspecified atom stereocenters. The van der Waals surface area contributed by atoms with E-state index in [0.29, 0.717) is 29.4 Å². The fourth-order valence-corrected chi connectivity index (χ4v) is 4.26. The Morgan fingerprint density at radius 2 is 1.57 bits per heavy atom. The first-order valence-electron chi connectivity index (χ1n) is 9.86. The van der Waals surface area contributed by atoms with Crippen molar-refractivity contribution in [2.75, 3.05) is 25.0 Å². The van der Waals surface area contributed by atoms with Gasteiger partial charge in [0.2, 0.25) is 0 Å². The molecule has 1 aliphatic heterocycles. The average Bonchev–Trinajstić information content (AvgIpc) is 3.01. The smallest absolute Gasteiger partial charge is 0.324 e. The lowest BCUT2D eigenvalue weighted by molar-refractivity contribution is 0.229. The van der Waals surface area contributed by atoms with Crippen molar-refractivity contribution in [3.63, 3.8) is 0 Å². The molecule has 3 aromatic rings. The maximum Gasteiger partial charge on any atom is 0.324 e. The minimum absolute atomic E-state index is 0.0613. The largest absolute Gasteiger partial charge is 0.507 e. The van der Waals surface area contributed by atoms with E-state index in [1.165, 1.54) is 0 Å². The van der Waals surface area contributed by atoms with E-state index in [1.807, 2.05) is 63.2 Å². The summed E-state index contributed by atoms with van der Waals surface area (Å²) < 4.78 is 0. The summed E-state index contributed by atoms with van der Waals surface area (Å²) in [4.78, 5) is 20.1. The Morgan fingerprint density at radius 1 is 0.933 bits per heavy atom. The van der Waals surface area contributed by atoms with Crippen LogP contribution in [0.5, 0.6) is 5.75 Å². The van der Waals surface area contributed by atoms with Crippen LogP contribution in [0.25, 0.3) is 22.3 Å². The number of amides is 2. The Bertz CT molecular complexity index is 1140. The van der Waals surface area contributed by atoms with E-state index < -0.39 is 0 Å². The molecule has 4 rings (SSSR count). The maximum absolute atomic E-state index is 12.3. The number of hydrogen-bond acceptors (Lipinski definition) is 3. The number of aryl methyl sites for hydroxylation is 3. The standard InChI is InChI=1S/C24H24ClN3O2/c1-14-9-19(23(29)20(10-14)18-11-15(2)26-16(3)12-18)17-5-6-22(21(25)13-17)28-8-7-27(4)24(28)30/h5-6,9-13,29H,7-8H2,1-4H3. The molecule has 154 valence electrons. The van der Waals surface area contributed by atoms with Gasteiger partial charge in [0.25, 0.3) is 0 Å². The van der Waals surface area contributed by atoms with Gasteiger partial charge in [-0.2, -0.15) is 0 Å². The van der Waals surface area contributed by atoms with Crippen LogP contribution in [0.3, 0.4) is 0 Å². The highest BCUT2D eigenvalue weighted by Gasteiger charge is 2.28. The number of rotatable bonds is 3. The normalized spacial score (nSPS) is 14.0. The fraction of sp³-hybridized carbons (Fsp3) is 0.250. The van der Waals surface area contributed by atoms with Crippen molar-refractivity contribution in [3.8, 4) is 28.0 Å². The summed E-state index contributed by atoms with van der Waals surface area (Å²) in [5, 5.41) is 11.6. The van der Waals surface area contributed by atoms with E-state index in [-0.39, 0.29) is 11.8 Å². The highest BCUT2D eigenvalue weighted by molar-refractivity contribution is 6.34. The number of aromatic hydroxyl groups is 1. The Balaban J connectivity index is 1.79. The number of benzene rings is 2. The quantitative estimate of drug-likeness (QED) is 0.601. The van der Waals surface area contributed by atoms with Crippen LogP contribution < -0.4 is 4.90 Å². The Labute approximate surface area is 181 Å². The van der Waals surface area contributed by atoms with Gasteiger partial charge in [-0.1, -0.05) is 17.7 Å². The molecule has 6 heteroatoms. The van der Waals surface area contributed by atoms with Crippen molar-refractivity contribution in [1.82, 2.24) is 9.88 Å². The van der Waals surface area contributed by atoms with Gasteiger partial charge in [-0.15, -0.1) is 0 Å². The van der Waals surface area contributed by atoms with E-state index in [9.17, 15) is 9.90 Å². The zero-order chi connectivity index (χ0) is 21.6. The zero-order valence-corrected chi connectivity index (χ0v) is 18.3. The highest BCUT2D eigenvalue weighted by Crippen LogP contribution is 2.41. The Morgan fingerprint density at radius 3 is 2.13 bits per heavy atom. The molecule has 1 aromatic heterocycles. The van der Waals surface area contributed by atoms with Gasteiger partial charge in [-0.3, -0.25) is 9.88 Å². The van der Waals surface area contributed by atoms with Crippen molar-refractivity contribution >= 4 is 23.3 Å². The molecule has 1 saturated heterocycles. The minimum atomic E-state index is -0.0613. The van der Waals surface area contributed by atoms with E-state index in [4.69, 9.17) is 11.6 Å². The molecule has 30 heavy (non-hydrogen) atoms. The monoisotopic (exact) mass is 421 g/mol. The predicted octanol–water partition coefficient (Wildman–Crippen LogP) is 5.57. The van der Waals surface area contributed by atoms with Crippen molar-refractivity contribution in [2.24, 2.45) is 0 Å². The fourth-order valence-electron chi connectivity index (χ4n) is 3.97. The summed E-state index contributed by atoms with van der Waals surface area (Å²) in [6.45, 7) is 7.17. The van der Waals surface area contributed by atoms with E-state index in [0.717, 1.165) is 33.6 Å². The molecule has 0 bridgehead atoms. The van der Waals surface area contributed by atoms with Crippen LogP contribution in [-0.2, 0) is 0 Å². The van der Waals surface area contributed by atoms with Crippen molar-refractivity contribution in [2.45, 2.75) is 20.8 Å². The van der Waals surface area contributed by atoms with Gasteiger partial charge in [-0.25, -0.2) is 4.79 Å². The molecule has 0 atom stereocenters. The van der Waals surface area contributed by atoms with Crippen LogP contribution in [-0.4, -0.2) is 41.2 Å². The van der Waals surface area contributed by atoms with Gasteiger partial charge in [0, 0.05) is 42.7 Å². The number of carbonyl (C=O) groups is 1. The molecule has 1 N–H and O–H groups in total. The second-order valence-corrected chi connectivity index (χ2v) is 8.28. The first-order chi connectivity index (χ1) is 14.2. The topological polar surface area (TPSA) is 56.7 Å². The molecule has 2 heterocycles. The summed E-state index contributed by atoms with van der Waals surface area (Å²) in [6.07, 6.45) is 0. The molecule has 2 aromatic carbocycles. The first-order valence-corrected chi connectivity index (χ1v) is 10.2. The number of aromatic nitrogens is 1. The minimum Gasteiger partial charge on any atom is -0.507 e. The van der Waals surface area contributed by atoms with Gasteiger partial charge in [0.15, 0.2) is 0 Å². The van der Waals surface area contributed by atoms with Gasteiger partial charge >= 0.3 is 6.03 Å². The molecule has 1 aliphatic rings. The molecular formula is C24H24ClN3O2. The van der Waals surface area contributed by atoms with Crippen LogP contribution in [0.4, 0.5) is 10.5 Å². The number of urea groups is 1. The maximum atomic E-state index is 12.3. The second kappa shape index (κ2) is 7.65. The molecule has 5 nitrogen and oxygen atoms in total. The molecule has 0 spiro atoms.